The minimum atomic E-state index is 0.0925. The van der Waals surface area contributed by atoms with Crippen LogP contribution in [0.4, 0.5) is 0 Å². The normalized spacial score (nSPS) is 18.1. The molecule has 2 N–H and O–H groups in total. The van der Waals surface area contributed by atoms with Crippen LogP contribution in [0.1, 0.15) is 44.9 Å². The van der Waals surface area contributed by atoms with Gasteiger partial charge in [0.2, 0.25) is 0 Å². The number of nitrogens with zero attached hydrogens (tertiary/aromatic N) is 3. The molecule has 1 aromatic heterocycles. The van der Waals surface area contributed by atoms with Crippen molar-refractivity contribution in [2.75, 3.05) is 13.6 Å². The average Bonchev–Trinajstić information content (AvgIpc) is 3.03. The fraction of sp³-hybridized carbons (Fsp3) is 0.800. The third-order valence-electron chi connectivity index (χ3n) is 4.01. The van der Waals surface area contributed by atoms with Gasteiger partial charge in [0, 0.05) is 43.4 Å². The summed E-state index contributed by atoms with van der Waals surface area (Å²) in [5.41, 5.74) is 8.56. The number of aryl methyl sites for hydroxylation is 1. The Bertz CT molecular complexity index is 426. The molecule has 1 aromatic rings. The smallest absolute Gasteiger partial charge is 0.0722 e. The molecule has 19 heavy (non-hydrogen) atoms. The molecule has 1 aliphatic rings. The van der Waals surface area contributed by atoms with Crippen molar-refractivity contribution in [3.8, 4) is 0 Å². The van der Waals surface area contributed by atoms with Gasteiger partial charge in [-0.25, -0.2) is 0 Å². The van der Waals surface area contributed by atoms with Gasteiger partial charge in [-0.3, -0.25) is 9.58 Å². The van der Waals surface area contributed by atoms with Gasteiger partial charge in [0.15, 0.2) is 0 Å². The highest BCUT2D eigenvalue weighted by Crippen LogP contribution is 2.35. The van der Waals surface area contributed by atoms with E-state index in [2.05, 4.69) is 44.0 Å². The highest BCUT2D eigenvalue weighted by molar-refractivity contribution is 5.24. The molecule has 0 spiro atoms. The van der Waals surface area contributed by atoms with Crippen LogP contribution in [0.2, 0.25) is 0 Å². The molecule has 1 heterocycles. The lowest BCUT2D eigenvalue weighted by Gasteiger charge is -2.28. The van der Waals surface area contributed by atoms with Crippen molar-refractivity contribution in [3.05, 3.63) is 17.5 Å². The molecule has 1 saturated carbocycles. The molecule has 108 valence electrons. The van der Waals surface area contributed by atoms with Crippen molar-refractivity contribution in [1.82, 2.24) is 14.7 Å². The first-order valence-electron chi connectivity index (χ1n) is 7.26. The summed E-state index contributed by atoms with van der Waals surface area (Å²) in [6.07, 6.45) is 4.83. The Morgan fingerprint density at radius 3 is 2.58 bits per heavy atom. The van der Waals surface area contributed by atoms with Crippen LogP contribution in [0.15, 0.2) is 6.20 Å². The van der Waals surface area contributed by atoms with E-state index in [4.69, 9.17) is 5.73 Å². The quantitative estimate of drug-likeness (QED) is 0.883. The van der Waals surface area contributed by atoms with Gasteiger partial charge in [-0.1, -0.05) is 20.8 Å². The largest absolute Gasteiger partial charge is 0.329 e. The molecule has 1 atom stereocenters. The number of aromatic nitrogens is 2. The Morgan fingerprint density at radius 2 is 2.11 bits per heavy atom. The SMILES string of the molecule is CN(Cc1cn(C)nc1C(C)(C)C)C(CN)C1CC1. The number of nitrogens with two attached hydrogens (primary N) is 1. The molecule has 4 heteroatoms. The molecule has 0 amide bonds. The first-order valence-corrected chi connectivity index (χ1v) is 7.26. The zero-order valence-electron chi connectivity index (χ0n) is 13.0. The highest BCUT2D eigenvalue weighted by atomic mass is 15.3. The maximum absolute atomic E-state index is 5.93. The fourth-order valence-corrected chi connectivity index (χ4v) is 2.88. The second-order valence-electron chi connectivity index (χ2n) is 6.98. The summed E-state index contributed by atoms with van der Waals surface area (Å²) >= 11 is 0. The predicted octanol–water partition coefficient (Wildman–Crippen LogP) is 1.89. The number of hydrogen-bond donors (Lipinski definition) is 1. The van der Waals surface area contributed by atoms with E-state index in [9.17, 15) is 0 Å². The molecule has 1 aliphatic carbocycles. The van der Waals surface area contributed by atoms with Crippen LogP contribution in [-0.2, 0) is 19.0 Å². The van der Waals surface area contributed by atoms with Crippen molar-refractivity contribution < 1.29 is 0 Å². The maximum Gasteiger partial charge on any atom is 0.0722 e. The summed E-state index contributed by atoms with van der Waals surface area (Å²) in [4.78, 5) is 2.41. The molecule has 1 fully saturated rings. The lowest BCUT2D eigenvalue weighted by Crippen LogP contribution is -2.39. The van der Waals surface area contributed by atoms with Crippen LogP contribution in [-0.4, -0.2) is 34.3 Å². The Morgan fingerprint density at radius 1 is 1.47 bits per heavy atom. The summed E-state index contributed by atoms with van der Waals surface area (Å²) in [5, 5.41) is 4.64. The molecular formula is C15H28N4. The van der Waals surface area contributed by atoms with Crippen molar-refractivity contribution in [1.29, 1.82) is 0 Å². The second-order valence-corrected chi connectivity index (χ2v) is 6.98. The Labute approximate surface area is 117 Å². The van der Waals surface area contributed by atoms with Crippen LogP contribution in [0.5, 0.6) is 0 Å². The van der Waals surface area contributed by atoms with Gasteiger partial charge in [-0.15, -0.1) is 0 Å². The number of likely N-dealkylation sites (N-methyl/N-ethyl adjacent to an activating group) is 1. The fourth-order valence-electron chi connectivity index (χ4n) is 2.88. The van der Waals surface area contributed by atoms with Gasteiger partial charge in [-0.2, -0.15) is 5.10 Å². The topological polar surface area (TPSA) is 47.1 Å². The number of rotatable bonds is 5. The third kappa shape index (κ3) is 3.37. The van der Waals surface area contributed by atoms with E-state index in [0.717, 1.165) is 19.0 Å². The molecule has 4 nitrogen and oxygen atoms in total. The minimum Gasteiger partial charge on any atom is -0.329 e. The highest BCUT2D eigenvalue weighted by Gasteiger charge is 2.33. The molecule has 0 saturated heterocycles. The van der Waals surface area contributed by atoms with Gasteiger partial charge in [0.1, 0.15) is 0 Å². The second kappa shape index (κ2) is 5.25. The van der Waals surface area contributed by atoms with E-state index in [-0.39, 0.29) is 5.41 Å². The zero-order valence-corrected chi connectivity index (χ0v) is 13.0. The lowest BCUT2D eigenvalue weighted by atomic mass is 9.89. The minimum absolute atomic E-state index is 0.0925. The van der Waals surface area contributed by atoms with E-state index < -0.39 is 0 Å². The standard InChI is InChI=1S/C15H28N4/c1-15(2,3)14-12(10-19(5)17-14)9-18(4)13(8-16)11-6-7-11/h10-11,13H,6-9,16H2,1-5H3. The summed E-state index contributed by atoms with van der Waals surface area (Å²) < 4.78 is 1.93. The molecule has 0 aromatic carbocycles. The summed E-state index contributed by atoms with van der Waals surface area (Å²) in [6, 6.07) is 0.521. The van der Waals surface area contributed by atoms with Crippen LogP contribution >= 0.6 is 0 Å². The van der Waals surface area contributed by atoms with E-state index in [1.54, 1.807) is 0 Å². The van der Waals surface area contributed by atoms with Crippen LogP contribution < -0.4 is 5.73 Å². The first kappa shape index (κ1) is 14.5. The molecular weight excluding hydrogens is 236 g/mol. The van der Waals surface area contributed by atoms with Gasteiger partial charge in [0.25, 0.3) is 0 Å². The van der Waals surface area contributed by atoms with E-state index >= 15 is 0 Å². The van der Waals surface area contributed by atoms with Crippen molar-refractivity contribution >= 4 is 0 Å². The monoisotopic (exact) mass is 264 g/mol. The van der Waals surface area contributed by atoms with Gasteiger partial charge < -0.3 is 5.73 Å². The third-order valence-corrected chi connectivity index (χ3v) is 4.01. The van der Waals surface area contributed by atoms with Crippen LogP contribution in [0.3, 0.4) is 0 Å². The van der Waals surface area contributed by atoms with E-state index in [1.807, 2.05) is 11.7 Å². The molecule has 1 unspecified atom stereocenters. The van der Waals surface area contributed by atoms with E-state index in [0.29, 0.717) is 6.04 Å². The summed E-state index contributed by atoms with van der Waals surface area (Å²) in [7, 11) is 4.19. The Balaban J connectivity index is 2.14. The molecule has 0 radical (unpaired) electrons. The molecule has 2 rings (SSSR count). The van der Waals surface area contributed by atoms with Crippen molar-refractivity contribution in [2.45, 2.75) is 51.6 Å². The Hall–Kier alpha value is -0.870. The van der Waals surface area contributed by atoms with Crippen molar-refractivity contribution in [3.63, 3.8) is 0 Å². The summed E-state index contributed by atoms with van der Waals surface area (Å²) in [5.74, 6) is 0.810. The van der Waals surface area contributed by atoms with Crippen LogP contribution in [0.25, 0.3) is 0 Å². The number of hydrogen-bond acceptors (Lipinski definition) is 3. The average molecular weight is 264 g/mol. The van der Waals surface area contributed by atoms with Gasteiger partial charge in [-0.05, 0) is 25.8 Å². The summed E-state index contributed by atoms with van der Waals surface area (Å²) in [6.45, 7) is 8.37. The van der Waals surface area contributed by atoms with Crippen LogP contribution in [0, 0.1) is 5.92 Å². The van der Waals surface area contributed by atoms with Gasteiger partial charge >= 0.3 is 0 Å². The molecule has 0 aliphatic heterocycles. The lowest BCUT2D eigenvalue weighted by molar-refractivity contribution is 0.214. The van der Waals surface area contributed by atoms with E-state index in [1.165, 1.54) is 24.1 Å². The molecule has 0 bridgehead atoms. The zero-order chi connectivity index (χ0) is 14.2. The predicted molar refractivity (Wildman–Crippen MR) is 78.9 cm³/mol. The van der Waals surface area contributed by atoms with Crippen molar-refractivity contribution in [2.24, 2.45) is 18.7 Å². The first-order chi connectivity index (χ1) is 8.82. The Kier molecular flexibility index (Phi) is 4.02. The maximum atomic E-state index is 5.93. The van der Waals surface area contributed by atoms with Gasteiger partial charge in [0.05, 0.1) is 5.69 Å².